The number of nitrogens with zero attached hydrogens (tertiary/aromatic N) is 1. The topological polar surface area (TPSA) is 61.4 Å². The summed E-state index contributed by atoms with van der Waals surface area (Å²) >= 11 is 0. The summed E-state index contributed by atoms with van der Waals surface area (Å²) in [5.74, 6) is -0.735. The van der Waals surface area contributed by atoms with Crippen LogP contribution < -0.4 is 10.6 Å². The van der Waals surface area contributed by atoms with Crippen molar-refractivity contribution in [2.24, 2.45) is 0 Å². The Kier molecular flexibility index (Phi) is 5.40. The van der Waals surface area contributed by atoms with E-state index in [0.717, 1.165) is 25.9 Å². The van der Waals surface area contributed by atoms with Crippen molar-refractivity contribution in [2.45, 2.75) is 12.8 Å². The third kappa shape index (κ3) is 4.87. The average molecular weight is 341 g/mol. The zero-order valence-electron chi connectivity index (χ0n) is 13.8. The first-order chi connectivity index (χ1) is 12.1. The third-order valence-electron chi connectivity index (χ3n) is 4.10. The Bertz CT molecular complexity index is 738. The van der Waals surface area contributed by atoms with E-state index in [1.54, 1.807) is 24.3 Å². The summed E-state index contributed by atoms with van der Waals surface area (Å²) in [5.41, 5.74) is 1.67. The Labute approximate surface area is 145 Å². The lowest BCUT2D eigenvalue weighted by atomic mass is 10.2. The maximum Gasteiger partial charge on any atom is 0.255 e. The number of carbonyl (C=O) groups excluding carboxylic acids is 2. The minimum absolute atomic E-state index is 0.0370. The van der Waals surface area contributed by atoms with E-state index < -0.39 is 0 Å². The van der Waals surface area contributed by atoms with Crippen LogP contribution in [0.3, 0.4) is 0 Å². The molecule has 5 nitrogen and oxygen atoms in total. The van der Waals surface area contributed by atoms with E-state index in [1.807, 2.05) is 0 Å². The highest BCUT2D eigenvalue weighted by atomic mass is 19.1. The molecule has 3 rings (SSSR count). The summed E-state index contributed by atoms with van der Waals surface area (Å²) in [6.07, 6.45) is 2.30. The van der Waals surface area contributed by atoms with Gasteiger partial charge < -0.3 is 10.6 Å². The third-order valence-corrected chi connectivity index (χ3v) is 4.10. The molecule has 0 radical (unpaired) electrons. The van der Waals surface area contributed by atoms with Gasteiger partial charge in [-0.3, -0.25) is 14.5 Å². The Morgan fingerprint density at radius 3 is 2.04 bits per heavy atom. The van der Waals surface area contributed by atoms with Gasteiger partial charge in [0, 0.05) is 16.9 Å². The first-order valence-electron chi connectivity index (χ1n) is 8.29. The molecule has 0 unspecified atom stereocenters. The molecule has 1 fully saturated rings. The van der Waals surface area contributed by atoms with Gasteiger partial charge in [-0.1, -0.05) is 0 Å². The maximum atomic E-state index is 12.9. The van der Waals surface area contributed by atoms with E-state index in [0.29, 0.717) is 23.5 Å². The minimum Gasteiger partial charge on any atom is -0.325 e. The van der Waals surface area contributed by atoms with Gasteiger partial charge in [-0.15, -0.1) is 0 Å². The molecule has 0 aliphatic carbocycles. The predicted octanol–water partition coefficient (Wildman–Crippen LogP) is 3.11. The van der Waals surface area contributed by atoms with E-state index in [2.05, 4.69) is 15.5 Å². The molecule has 1 aliphatic rings. The number of likely N-dealkylation sites (tertiary alicyclic amines) is 1. The predicted molar refractivity (Wildman–Crippen MR) is 95.1 cm³/mol. The number of benzene rings is 2. The van der Waals surface area contributed by atoms with Gasteiger partial charge in [0.1, 0.15) is 5.82 Å². The summed E-state index contributed by atoms with van der Waals surface area (Å²) in [6.45, 7) is 2.35. The van der Waals surface area contributed by atoms with Crippen molar-refractivity contribution in [3.8, 4) is 0 Å². The van der Waals surface area contributed by atoms with Crippen LogP contribution in [0, 0.1) is 5.82 Å². The first kappa shape index (κ1) is 17.1. The summed E-state index contributed by atoms with van der Waals surface area (Å²) in [6, 6.07) is 12.3. The van der Waals surface area contributed by atoms with Crippen LogP contribution in [0.25, 0.3) is 0 Å². The molecule has 0 aromatic heterocycles. The number of hydrogen-bond donors (Lipinski definition) is 2. The van der Waals surface area contributed by atoms with Crippen molar-refractivity contribution in [1.29, 1.82) is 0 Å². The molecular weight excluding hydrogens is 321 g/mol. The Hall–Kier alpha value is -2.73. The van der Waals surface area contributed by atoms with Gasteiger partial charge in [0.05, 0.1) is 6.54 Å². The number of carbonyl (C=O) groups is 2. The van der Waals surface area contributed by atoms with Crippen LogP contribution in [-0.2, 0) is 4.79 Å². The lowest BCUT2D eigenvalue weighted by molar-refractivity contribution is -0.117. The summed E-state index contributed by atoms with van der Waals surface area (Å²) in [5, 5.41) is 5.59. The second-order valence-corrected chi connectivity index (χ2v) is 6.07. The quantitative estimate of drug-likeness (QED) is 0.878. The number of hydrogen-bond acceptors (Lipinski definition) is 3. The number of rotatable bonds is 5. The van der Waals surface area contributed by atoms with Gasteiger partial charge >= 0.3 is 0 Å². The van der Waals surface area contributed by atoms with Gasteiger partial charge in [-0.2, -0.15) is 0 Å². The lowest BCUT2D eigenvalue weighted by Crippen LogP contribution is -2.30. The summed E-state index contributed by atoms with van der Waals surface area (Å²) in [7, 11) is 0. The number of halogens is 1. The second-order valence-electron chi connectivity index (χ2n) is 6.07. The molecule has 0 atom stereocenters. The normalized spacial score (nSPS) is 14.3. The van der Waals surface area contributed by atoms with Crippen molar-refractivity contribution in [2.75, 3.05) is 30.3 Å². The van der Waals surface area contributed by atoms with Crippen LogP contribution in [0.5, 0.6) is 0 Å². The smallest absolute Gasteiger partial charge is 0.255 e. The molecule has 0 spiro atoms. The fourth-order valence-corrected chi connectivity index (χ4v) is 2.79. The Morgan fingerprint density at radius 2 is 1.44 bits per heavy atom. The van der Waals surface area contributed by atoms with Crippen LogP contribution >= 0.6 is 0 Å². The highest BCUT2D eigenvalue weighted by molar-refractivity contribution is 6.04. The maximum absolute atomic E-state index is 12.9. The van der Waals surface area contributed by atoms with E-state index in [-0.39, 0.29) is 17.6 Å². The first-order valence-corrected chi connectivity index (χ1v) is 8.29. The van der Waals surface area contributed by atoms with Gasteiger partial charge in [-0.25, -0.2) is 4.39 Å². The molecule has 2 aromatic rings. The molecule has 2 amide bonds. The molecular formula is C19H20FN3O2. The van der Waals surface area contributed by atoms with Crippen LogP contribution in [0.4, 0.5) is 15.8 Å². The molecule has 0 bridgehead atoms. The summed E-state index contributed by atoms with van der Waals surface area (Å²) in [4.78, 5) is 26.2. The monoisotopic (exact) mass is 341 g/mol. The van der Waals surface area contributed by atoms with Crippen molar-refractivity contribution in [3.05, 3.63) is 59.9 Å². The van der Waals surface area contributed by atoms with Gasteiger partial charge in [0.2, 0.25) is 5.91 Å². The minimum atomic E-state index is -0.384. The van der Waals surface area contributed by atoms with Crippen LogP contribution in [-0.4, -0.2) is 36.3 Å². The average Bonchev–Trinajstić information content (AvgIpc) is 3.10. The van der Waals surface area contributed by atoms with Crippen molar-refractivity contribution < 1.29 is 14.0 Å². The highest BCUT2D eigenvalue weighted by Gasteiger charge is 2.15. The van der Waals surface area contributed by atoms with Crippen molar-refractivity contribution >= 4 is 23.2 Å². The van der Waals surface area contributed by atoms with Crippen molar-refractivity contribution in [3.63, 3.8) is 0 Å². The number of amides is 2. The van der Waals surface area contributed by atoms with Gasteiger partial charge in [-0.05, 0) is 74.5 Å². The zero-order valence-corrected chi connectivity index (χ0v) is 13.8. The molecule has 1 aliphatic heterocycles. The fraction of sp³-hybridized carbons (Fsp3) is 0.263. The SMILES string of the molecule is O=C(CN1CCCC1)Nc1ccc(NC(=O)c2ccc(F)cc2)cc1. The second kappa shape index (κ2) is 7.90. The van der Waals surface area contributed by atoms with E-state index in [9.17, 15) is 14.0 Å². The van der Waals surface area contributed by atoms with E-state index in [4.69, 9.17) is 0 Å². The van der Waals surface area contributed by atoms with Crippen molar-refractivity contribution in [1.82, 2.24) is 4.90 Å². The van der Waals surface area contributed by atoms with Crippen LogP contribution in [0.1, 0.15) is 23.2 Å². The number of anilines is 2. The molecule has 6 heteroatoms. The zero-order chi connectivity index (χ0) is 17.6. The molecule has 1 heterocycles. The van der Waals surface area contributed by atoms with Gasteiger partial charge in [0.15, 0.2) is 0 Å². The largest absolute Gasteiger partial charge is 0.325 e. The molecule has 2 aromatic carbocycles. The molecule has 2 N–H and O–H groups in total. The molecule has 130 valence electrons. The van der Waals surface area contributed by atoms with Gasteiger partial charge in [0.25, 0.3) is 5.91 Å². The van der Waals surface area contributed by atoms with E-state index in [1.165, 1.54) is 24.3 Å². The Morgan fingerprint density at radius 1 is 0.880 bits per heavy atom. The standard InChI is InChI=1S/C19H20FN3O2/c20-15-5-3-14(4-6-15)19(25)22-17-9-7-16(8-10-17)21-18(24)13-23-11-1-2-12-23/h3-10H,1-2,11-13H2,(H,21,24)(H,22,25). The van der Waals surface area contributed by atoms with E-state index >= 15 is 0 Å². The molecule has 1 saturated heterocycles. The highest BCUT2D eigenvalue weighted by Crippen LogP contribution is 2.15. The Balaban J connectivity index is 1.53. The molecule has 0 saturated carbocycles. The lowest BCUT2D eigenvalue weighted by Gasteiger charge is -2.14. The molecule has 25 heavy (non-hydrogen) atoms. The summed E-state index contributed by atoms with van der Waals surface area (Å²) < 4.78 is 12.9. The number of nitrogens with one attached hydrogen (secondary N) is 2. The van der Waals surface area contributed by atoms with Crippen LogP contribution in [0.2, 0.25) is 0 Å². The fourth-order valence-electron chi connectivity index (χ4n) is 2.79. The van der Waals surface area contributed by atoms with Crippen LogP contribution in [0.15, 0.2) is 48.5 Å².